The van der Waals surface area contributed by atoms with Crippen molar-refractivity contribution in [2.24, 2.45) is 5.92 Å². The van der Waals surface area contributed by atoms with Crippen molar-refractivity contribution in [3.63, 3.8) is 0 Å². The molecule has 1 amide bonds. The fraction of sp³-hybridized carbons (Fsp3) is 0.455. The molecule has 1 aromatic heterocycles. The average Bonchev–Trinajstić information content (AvgIpc) is 2.76. The van der Waals surface area contributed by atoms with Crippen molar-refractivity contribution in [1.82, 2.24) is 9.97 Å². The number of thioether (sulfide) groups is 1. The molecule has 7 nitrogen and oxygen atoms in total. The van der Waals surface area contributed by atoms with E-state index >= 15 is 0 Å². The third kappa shape index (κ3) is 3.84. The molecular formula is C11H11ClN4O3S2. The van der Waals surface area contributed by atoms with E-state index in [-0.39, 0.29) is 36.0 Å². The predicted molar refractivity (Wildman–Crippen MR) is 78.6 cm³/mol. The second kappa shape index (κ2) is 6.17. The molecule has 1 saturated heterocycles. The zero-order chi connectivity index (χ0) is 15.6. The Hall–Kier alpha value is -1.37. The molecule has 1 aromatic rings. The lowest BCUT2D eigenvalue weighted by Crippen LogP contribution is -2.27. The van der Waals surface area contributed by atoms with Crippen LogP contribution in [-0.4, -0.2) is 42.8 Å². The molecule has 0 aliphatic carbocycles. The van der Waals surface area contributed by atoms with Crippen LogP contribution in [0.3, 0.4) is 0 Å². The lowest BCUT2D eigenvalue weighted by atomic mass is 10.1. The summed E-state index contributed by atoms with van der Waals surface area (Å²) in [6.07, 6.45) is 3.20. The molecule has 1 fully saturated rings. The van der Waals surface area contributed by atoms with Crippen LogP contribution in [0.2, 0.25) is 0 Å². The van der Waals surface area contributed by atoms with Gasteiger partial charge in [0.25, 0.3) is 0 Å². The maximum Gasteiger partial charge on any atom is 0.232 e. The summed E-state index contributed by atoms with van der Waals surface area (Å²) < 4.78 is 22.2. The van der Waals surface area contributed by atoms with Gasteiger partial charge in [-0.15, -0.1) is 0 Å². The monoisotopic (exact) mass is 346 g/mol. The Bertz CT molecular complexity index is 717. The van der Waals surface area contributed by atoms with E-state index in [1.807, 2.05) is 6.07 Å². The molecule has 1 aliphatic rings. The largest absolute Gasteiger partial charge is 0.295 e. The van der Waals surface area contributed by atoms with Crippen LogP contribution in [0.25, 0.3) is 0 Å². The Labute approximate surface area is 130 Å². The van der Waals surface area contributed by atoms with Crippen molar-refractivity contribution in [1.29, 1.82) is 5.26 Å². The van der Waals surface area contributed by atoms with Gasteiger partial charge in [0.1, 0.15) is 11.6 Å². The van der Waals surface area contributed by atoms with Crippen molar-refractivity contribution < 1.29 is 13.2 Å². The third-order valence-corrected chi connectivity index (χ3v) is 4.75. The van der Waals surface area contributed by atoms with E-state index in [0.717, 1.165) is 0 Å². The fourth-order valence-corrected chi connectivity index (χ4v) is 3.78. The van der Waals surface area contributed by atoms with Crippen molar-refractivity contribution in [3.8, 4) is 6.07 Å². The molecule has 0 bridgehead atoms. The number of halogens is 1. The minimum atomic E-state index is -3.67. The molecule has 10 heteroatoms. The molecule has 0 radical (unpaired) electrons. The van der Waals surface area contributed by atoms with Gasteiger partial charge in [0.05, 0.1) is 11.9 Å². The van der Waals surface area contributed by atoms with Gasteiger partial charge in [-0.3, -0.25) is 9.69 Å². The number of nitrogens with zero attached hydrogens (tertiary/aromatic N) is 4. The van der Waals surface area contributed by atoms with Gasteiger partial charge < -0.3 is 0 Å². The number of anilines is 1. The van der Waals surface area contributed by atoms with Gasteiger partial charge in [0, 0.05) is 29.6 Å². The maximum atomic E-state index is 12.1. The topological polar surface area (TPSA) is 104 Å². The van der Waals surface area contributed by atoms with E-state index in [1.165, 1.54) is 22.9 Å². The van der Waals surface area contributed by atoms with Crippen LogP contribution in [0.15, 0.2) is 11.4 Å². The molecule has 0 N–H and O–H groups in total. The first kappa shape index (κ1) is 16.0. The number of rotatable bonds is 4. The van der Waals surface area contributed by atoms with Crippen LogP contribution in [0.5, 0.6) is 0 Å². The Balaban J connectivity index is 2.30. The lowest BCUT2D eigenvalue weighted by molar-refractivity contribution is -0.117. The minimum absolute atomic E-state index is 0.0649. The standard InChI is InChI=1S/C11H11ClN4O3S2/c1-20-11-14-4-8(3-13)10(15-11)16-5-7(2-9(16)17)6-21(12,18)19/h4,7H,2,5-6H2,1H3. The van der Waals surface area contributed by atoms with E-state index in [0.29, 0.717) is 5.16 Å². The average molecular weight is 347 g/mol. The Morgan fingerprint density at radius 1 is 1.62 bits per heavy atom. The van der Waals surface area contributed by atoms with Crippen LogP contribution < -0.4 is 4.90 Å². The molecule has 0 aromatic carbocycles. The number of amides is 1. The molecule has 1 atom stereocenters. The van der Waals surface area contributed by atoms with Gasteiger partial charge in [-0.25, -0.2) is 18.4 Å². The maximum absolute atomic E-state index is 12.1. The molecule has 2 rings (SSSR count). The van der Waals surface area contributed by atoms with E-state index in [1.54, 1.807) is 6.26 Å². The van der Waals surface area contributed by atoms with Gasteiger partial charge in [-0.1, -0.05) is 11.8 Å². The summed E-state index contributed by atoms with van der Waals surface area (Å²) in [5, 5.41) is 9.52. The van der Waals surface area contributed by atoms with Crippen molar-refractivity contribution in [2.45, 2.75) is 11.6 Å². The fourth-order valence-electron chi connectivity index (χ4n) is 2.12. The van der Waals surface area contributed by atoms with Gasteiger partial charge in [0.2, 0.25) is 15.0 Å². The number of carbonyl (C=O) groups excluding carboxylic acids is 1. The van der Waals surface area contributed by atoms with Crippen LogP contribution in [0.4, 0.5) is 5.82 Å². The van der Waals surface area contributed by atoms with Crippen LogP contribution in [-0.2, 0) is 13.8 Å². The summed E-state index contributed by atoms with van der Waals surface area (Å²) in [7, 11) is 1.55. The van der Waals surface area contributed by atoms with Crippen molar-refractivity contribution >= 4 is 43.2 Å². The molecule has 112 valence electrons. The smallest absolute Gasteiger partial charge is 0.232 e. The summed E-state index contributed by atoms with van der Waals surface area (Å²) in [5.74, 6) is -0.739. The van der Waals surface area contributed by atoms with Gasteiger partial charge in [-0.2, -0.15) is 5.26 Å². The van der Waals surface area contributed by atoms with Crippen molar-refractivity contribution in [3.05, 3.63) is 11.8 Å². The highest BCUT2D eigenvalue weighted by Gasteiger charge is 2.35. The van der Waals surface area contributed by atoms with E-state index in [9.17, 15) is 13.2 Å². The van der Waals surface area contributed by atoms with Gasteiger partial charge >= 0.3 is 0 Å². The molecule has 2 heterocycles. The summed E-state index contributed by atoms with van der Waals surface area (Å²) in [5.41, 5.74) is 0.176. The molecule has 21 heavy (non-hydrogen) atoms. The highest BCUT2D eigenvalue weighted by atomic mass is 35.7. The van der Waals surface area contributed by atoms with E-state index in [4.69, 9.17) is 15.9 Å². The summed E-state index contributed by atoms with van der Waals surface area (Å²) >= 11 is 1.29. The quantitative estimate of drug-likeness (QED) is 0.455. The number of hydrogen-bond acceptors (Lipinski definition) is 7. The summed E-state index contributed by atoms with van der Waals surface area (Å²) in [6, 6.07) is 1.93. The van der Waals surface area contributed by atoms with E-state index < -0.39 is 15.0 Å². The molecule has 0 spiro atoms. The lowest BCUT2D eigenvalue weighted by Gasteiger charge is -2.16. The first-order chi connectivity index (χ1) is 9.84. The number of hydrogen-bond donors (Lipinski definition) is 0. The second-order valence-electron chi connectivity index (χ2n) is 4.49. The van der Waals surface area contributed by atoms with Crippen LogP contribution in [0.1, 0.15) is 12.0 Å². The Morgan fingerprint density at radius 3 is 2.90 bits per heavy atom. The SMILES string of the molecule is CSc1ncc(C#N)c(N2CC(CS(=O)(=O)Cl)CC2=O)n1. The minimum Gasteiger partial charge on any atom is -0.295 e. The number of nitriles is 1. The second-order valence-corrected chi connectivity index (χ2v) is 8.08. The third-order valence-electron chi connectivity index (χ3n) is 2.95. The first-order valence-electron chi connectivity index (χ1n) is 5.88. The summed E-state index contributed by atoms with van der Waals surface area (Å²) in [6.45, 7) is 0.171. The first-order valence-corrected chi connectivity index (χ1v) is 9.58. The Kier molecular flexibility index (Phi) is 4.70. The van der Waals surface area contributed by atoms with Gasteiger partial charge in [-0.05, 0) is 6.26 Å². The zero-order valence-corrected chi connectivity index (χ0v) is 13.4. The molecule has 1 unspecified atom stereocenters. The molecule has 1 aliphatic heterocycles. The summed E-state index contributed by atoms with van der Waals surface area (Å²) in [4.78, 5) is 21.5. The van der Waals surface area contributed by atoms with Crippen LogP contribution in [0, 0.1) is 17.2 Å². The highest BCUT2D eigenvalue weighted by molar-refractivity contribution is 8.13. The molecular weight excluding hydrogens is 336 g/mol. The Morgan fingerprint density at radius 2 is 2.33 bits per heavy atom. The normalized spacial score (nSPS) is 18.8. The number of aromatic nitrogens is 2. The van der Waals surface area contributed by atoms with Gasteiger partial charge in [0.15, 0.2) is 11.0 Å². The van der Waals surface area contributed by atoms with Crippen LogP contribution >= 0.6 is 22.4 Å². The zero-order valence-electron chi connectivity index (χ0n) is 11.0. The predicted octanol–water partition coefficient (Wildman–Crippen LogP) is 0.992. The van der Waals surface area contributed by atoms with E-state index in [2.05, 4.69) is 9.97 Å². The van der Waals surface area contributed by atoms with Crippen molar-refractivity contribution in [2.75, 3.05) is 23.5 Å². The number of carbonyl (C=O) groups is 1. The molecule has 0 saturated carbocycles. The highest BCUT2D eigenvalue weighted by Crippen LogP contribution is 2.28.